The lowest BCUT2D eigenvalue weighted by molar-refractivity contribution is 0.0233. The number of rotatable bonds is 5. The first-order valence-electron chi connectivity index (χ1n) is 5.66. The van der Waals surface area contributed by atoms with Crippen LogP contribution in [0.25, 0.3) is 0 Å². The van der Waals surface area contributed by atoms with Crippen molar-refractivity contribution in [1.82, 2.24) is 15.7 Å². The molecule has 0 saturated carbocycles. The molecule has 90 valence electrons. The summed E-state index contributed by atoms with van der Waals surface area (Å²) in [5.74, 6) is 0. The van der Waals surface area contributed by atoms with Crippen molar-refractivity contribution in [3.8, 4) is 0 Å². The molecule has 17 heavy (non-hydrogen) atoms. The van der Waals surface area contributed by atoms with Crippen LogP contribution < -0.4 is 5.48 Å². The lowest BCUT2D eigenvalue weighted by Gasteiger charge is -2.06. The monoisotopic (exact) mass is 231 g/mol. The number of hydroxylamine groups is 1. The fourth-order valence-electron chi connectivity index (χ4n) is 1.67. The summed E-state index contributed by atoms with van der Waals surface area (Å²) in [5, 5.41) is 7.08. The number of H-pyrrole nitrogens is 1. The SMILES string of the molecule is Cc1n[nH]c(C)c1CNOCc1ccccc1. The Kier molecular flexibility index (Phi) is 3.90. The molecule has 0 aliphatic heterocycles. The average molecular weight is 231 g/mol. The largest absolute Gasteiger partial charge is 0.297 e. The molecule has 0 bridgehead atoms. The molecular formula is C13H17N3O. The maximum atomic E-state index is 5.41. The van der Waals surface area contributed by atoms with Gasteiger partial charge in [-0.2, -0.15) is 10.6 Å². The maximum Gasteiger partial charge on any atom is 0.0933 e. The van der Waals surface area contributed by atoms with Crippen LogP contribution in [0.15, 0.2) is 30.3 Å². The van der Waals surface area contributed by atoms with E-state index in [2.05, 4.69) is 15.7 Å². The van der Waals surface area contributed by atoms with Gasteiger partial charge in [0, 0.05) is 17.8 Å². The minimum absolute atomic E-state index is 0.566. The van der Waals surface area contributed by atoms with E-state index < -0.39 is 0 Å². The van der Waals surface area contributed by atoms with E-state index in [0.29, 0.717) is 13.2 Å². The number of nitrogens with zero attached hydrogens (tertiary/aromatic N) is 1. The maximum absolute atomic E-state index is 5.41. The number of hydrogen-bond donors (Lipinski definition) is 2. The van der Waals surface area contributed by atoms with Gasteiger partial charge in [0.1, 0.15) is 0 Å². The molecule has 0 aliphatic rings. The van der Waals surface area contributed by atoms with Crippen LogP contribution in [0.5, 0.6) is 0 Å². The van der Waals surface area contributed by atoms with E-state index in [1.165, 1.54) is 0 Å². The Balaban J connectivity index is 1.77. The molecule has 2 N–H and O–H groups in total. The van der Waals surface area contributed by atoms with Crippen molar-refractivity contribution in [2.75, 3.05) is 0 Å². The van der Waals surface area contributed by atoms with Gasteiger partial charge in [-0.3, -0.25) is 9.94 Å². The van der Waals surface area contributed by atoms with Gasteiger partial charge in [-0.15, -0.1) is 0 Å². The Bertz CT molecular complexity index is 445. The van der Waals surface area contributed by atoms with E-state index in [4.69, 9.17) is 4.84 Å². The van der Waals surface area contributed by atoms with Gasteiger partial charge in [0.15, 0.2) is 0 Å². The van der Waals surface area contributed by atoms with Crippen LogP contribution in [0.1, 0.15) is 22.5 Å². The Labute approximate surface area is 101 Å². The Morgan fingerprint density at radius 1 is 1.24 bits per heavy atom. The molecule has 0 unspecified atom stereocenters. The highest BCUT2D eigenvalue weighted by atomic mass is 16.6. The Morgan fingerprint density at radius 2 is 2.00 bits per heavy atom. The van der Waals surface area contributed by atoms with Gasteiger partial charge in [0.2, 0.25) is 0 Å². The molecular weight excluding hydrogens is 214 g/mol. The van der Waals surface area contributed by atoms with E-state index in [1.54, 1.807) is 0 Å². The van der Waals surface area contributed by atoms with Crippen LogP contribution in [0.2, 0.25) is 0 Å². The van der Waals surface area contributed by atoms with E-state index in [9.17, 15) is 0 Å². The van der Waals surface area contributed by atoms with Gasteiger partial charge >= 0.3 is 0 Å². The molecule has 0 atom stereocenters. The highest BCUT2D eigenvalue weighted by Crippen LogP contribution is 2.08. The number of aryl methyl sites for hydroxylation is 2. The molecule has 0 aliphatic carbocycles. The standard InChI is InChI=1S/C13H17N3O/c1-10-13(11(2)16-15-10)8-14-17-9-12-6-4-3-5-7-12/h3-7,14H,8-9H2,1-2H3,(H,15,16). The molecule has 0 amide bonds. The molecule has 0 saturated heterocycles. The van der Waals surface area contributed by atoms with Gasteiger partial charge in [0.05, 0.1) is 12.3 Å². The predicted octanol–water partition coefficient (Wildman–Crippen LogP) is 2.25. The summed E-state index contributed by atoms with van der Waals surface area (Å²) >= 11 is 0. The smallest absolute Gasteiger partial charge is 0.0933 e. The molecule has 2 aromatic rings. The Hall–Kier alpha value is -1.65. The Morgan fingerprint density at radius 3 is 2.65 bits per heavy atom. The first-order chi connectivity index (χ1) is 8.27. The average Bonchev–Trinajstić information content (AvgIpc) is 2.67. The zero-order chi connectivity index (χ0) is 12.1. The molecule has 0 fully saturated rings. The van der Waals surface area contributed by atoms with Gasteiger partial charge in [0.25, 0.3) is 0 Å². The molecule has 4 nitrogen and oxygen atoms in total. The van der Waals surface area contributed by atoms with E-state index >= 15 is 0 Å². The summed E-state index contributed by atoms with van der Waals surface area (Å²) in [4.78, 5) is 5.41. The third-order valence-corrected chi connectivity index (χ3v) is 2.71. The zero-order valence-electron chi connectivity index (χ0n) is 10.2. The summed E-state index contributed by atoms with van der Waals surface area (Å²) in [7, 11) is 0. The highest BCUT2D eigenvalue weighted by molar-refractivity contribution is 5.22. The minimum atomic E-state index is 0.566. The summed E-state index contributed by atoms with van der Waals surface area (Å²) in [5.41, 5.74) is 7.37. The molecule has 1 aromatic carbocycles. The van der Waals surface area contributed by atoms with E-state index in [1.807, 2.05) is 44.2 Å². The fraction of sp³-hybridized carbons (Fsp3) is 0.308. The van der Waals surface area contributed by atoms with Crippen LogP contribution in [0.3, 0.4) is 0 Å². The second-order valence-corrected chi connectivity index (χ2v) is 4.01. The molecule has 1 aromatic heterocycles. The normalized spacial score (nSPS) is 10.7. The van der Waals surface area contributed by atoms with Crippen LogP contribution in [0.4, 0.5) is 0 Å². The summed E-state index contributed by atoms with van der Waals surface area (Å²) in [6.45, 7) is 5.23. The zero-order valence-corrected chi connectivity index (χ0v) is 10.2. The van der Waals surface area contributed by atoms with Gasteiger partial charge in [-0.1, -0.05) is 30.3 Å². The second-order valence-electron chi connectivity index (χ2n) is 4.01. The summed E-state index contributed by atoms with van der Waals surface area (Å²) in [6, 6.07) is 10.1. The predicted molar refractivity (Wildman–Crippen MR) is 66.1 cm³/mol. The number of benzene rings is 1. The summed E-state index contributed by atoms with van der Waals surface area (Å²) in [6.07, 6.45) is 0. The van der Waals surface area contributed by atoms with Crippen LogP contribution >= 0.6 is 0 Å². The quantitative estimate of drug-likeness (QED) is 0.613. The van der Waals surface area contributed by atoms with Crippen LogP contribution in [-0.4, -0.2) is 10.2 Å². The van der Waals surface area contributed by atoms with Crippen molar-refractivity contribution in [2.24, 2.45) is 0 Å². The number of nitrogens with one attached hydrogen (secondary N) is 2. The van der Waals surface area contributed by atoms with Crippen LogP contribution in [-0.2, 0) is 18.0 Å². The van der Waals surface area contributed by atoms with Gasteiger partial charge in [-0.05, 0) is 19.4 Å². The molecule has 0 spiro atoms. The lowest BCUT2D eigenvalue weighted by Crippen LogP contribution is -2.14. The van der Waals surface area contributed by atoms with Crippen molar-refractivity contribution in [2.45, 2.75) is 27.0 Å². The summed E-state index contributed by atoms with van der Waals surface area (Å²) < 4.78 is 0. The fourth-order valence-corrected chi connectivity index (χ4v) is 1.67. The van der Waals surface area contributed by atoms with E-state index in [-0.39, 0.29) is 0 Å². The van der Waals surface area contributed by atoms with Crippen molar-refractivity contribution in [3.63, 3.8) is 0 Å². The number of hydrogen-bond acceptors (Lipinski definition) is 3. The molecule has 4 heteroatoms. The first-order valence-corrected chi connectivity index (χ1v) is 5.66. The van der Waals surface area contributed by atoms with Crippen molar-refractivity contribution < 1.29 is 4.84 Å². The molecule has 1 heterocycles. The topological polar surface area (TPSA) is 49.9 Å². The van der Waals surface area contributed by atoms with Crippen molar-refractivity contribution in [1.29, 1.82) is 0 Å². The third kappa shape index (κ3) is 3.15. The van der Waals surface area contributed by atoms with Crippen molar-refractivity contribution >= 4 is 0 Å². The lowest BCUT2D eigenvalue weighted by atomic mass is 10.2. The highest BCUT2D eigenvalue weighted by Gasteiger charge is 2.05. The number of aromatic amines is 1. The first kappa shape index (κ1) is 11.8. The molecule has 2 rings (SSSR count). The van der Waals surface area contributed by atoms with Crippen molar-refractivity contribution in [3.05, 3.63) is 52.8 Å². The van der Waals surface area contributed by atoms with Gasteiger partial charge in [-0.25, -0.2) is 0 Å². The third-order valence-electron chi connectivity index (χ3n) is 2.71. The number of aromatic nitrogens is 2. The van der Waals surface area contributed by atoms with E-state index in [0.717, 1.165) is 22.5 Å². The second kappa shape index (κ2) is 5.61. The molecule has 0 radical (unpaired) electrons. The van der Waals surface area contributed by atoms with Crippen LogP contribution in [0, 0.1) is 13.8 Å². The van der Waals surface area contributed by atoms with Gasteiger partial charge < -0.3 is 0 Å². The minimum Gasteiger partial charge on any atom is -0.297 e.